The van der Waals surface area contributed by atoms with Gasteiger partial charge in [0.15, 0.2) is 0 Å². The van der Waals surface area contributed by atoms with E-state index in [-0.39, 0.29) is 0 Å². The van der Waals surface area contributed by atoms with E-state index in [2.05, 4.69) is 11.7 Å². The van der Waals surface area contributed by atoms with Crippen molar-refractivity contribution in [3.05, 3.63) is 0 Å². The van der Waals surface area contributed by atoms with Crippen LogP contribution in [0.5, 0.6) is 0 Å². The average Bonchev–Trinajstić information content (AvgIpc) is 1.41. The summed E-state index contributed by atoms with van der Waals surface area (Å²) in [6, 6.07) is 0. The molecule has 0 heterocycles. The predicted molar refractivity (Wildman–Crippen MR) is 17.5 cm³/mol. The van der Waals surface area contributed by atoms with E-state index in [0.29, 0.717) is 0 Å². The summed E-state index contributed by atoms with van der Waals surface area (Å²) < 4.78 is 29.0. The van der Waals surface area contributed by atoms with Crippen LogP contribution in [0.3, 0.4) is 0 Å². The highest BCUT2D eigenvalue weighted by Crippen LogP contribution is 1.80. The van der Waals surface area contributed by atoms with Crippen LogP contribution >= 0.6 is 0 Å². The fourth-order valence-corrected chi connectivity index (χ4v) is 0. The second kappa shape index (κ2) is 8.84. The fraction of sp³-hybridized carbons (Fsp3) is 0. The van der Waals surface area contributed by atoms with Gasteiger partial charge in [0.1, 0.15) is 0 Å². The summed E-state index contributed by atoms with van der Waals surface area (Å²) in [6.45, 7) is 0. The molecule has 0 aromatic rings. The van der Waals surface area contributed by atoms with Crippen molar-refractivity contribution in [3.63, 3.8) is 0 Å². The molecule has 0 saturated heterocycles. The summed E-state index contributed by atoms with van der Waals surface area (Å²) in [6.07, 6.45) is 0. The molecule has 0 bridgehead atoms. The van der Waals surface area contributed by atoms with Gasteiger partial charge in [-0.15, -0.1) is 0 Å². The Balaban J connectivity index is 0. The number of hydrogen-bond donors (Lipinski definition) is 2. The summed E-state index contributed by atoms with van der Waals surface area (Å²) >= 11 is 0. The molecule has 0 aliphatic rings. The number of hydrogen-bond acceptors (Lipinski definition) is 2. The number of rotatable bonds is 0. The van der Waals surface area contributed by atoms with Gasteiger partial charge in [-0.1, -0.05) is 0 Å². The Morgan fingerprint density at radius 2 is 1.00 bits per heavy atom. The predicted octanol–water partition coefficient (Wildman–Crippen LogP) is -0.301. The van der Waals surface area contributed by atoms with Crippen LogP contribution in [0.2, 0.25) is 0 Å². The van der Waals surface area contributed by atoms with Gasteiger partial charge < -0.3 is 0 Å². The maximum Gasteiger partial charge on any atom is 0.762 e. The van der Waals surface area contributed by atoms with E-state index in [4.69, 9.17) is 0 Å². The third kappa shape index (κ3) is 574. The molecule has 4 N–H and O–H groups in total. The zero-order valence-electron chi connectivity index (χ0n) is 2.87. The first kappa shape index (κ1) is 9.24. The third-order valence-electron chi connectivity index (χ3n) is 0. The normalized spacial score (nSPS) is 5.50. The summed E-state index contributed by atoms with van der Waals surface area (Å²) in [5, 5.41) is 0. The van der Waals surface area contributed by atoms with Gasteiger partial charge in [-0.2, -0.15) is 0 Å². The van der Waals surface area contributed by atoms with Crippen molar-refractivity contribution in [2.24, 2.45) is 11.7 Å². The highest BCUT2D eigenvalue weighted by atomic mass is 19.4. The maximum absolute atomic E-state index is 9.67. The second-order valence-corrected chi connectivity index (χ2v) is 0.247. The van der Waals surface area contributed by atoms with Gasteiger partial charge in [-0.25, -0.2) is 0 Å². The maximum atomic E-state index is 9.67. The Labute approximate surface area is 33.5 Å². The van der Waals surface area contributed by atoms with Crippen LogP contribution in [-0.2, 0) is 0 Å². The summed E-state index contributed by atoms with van der Waals surface area (Å²) in [4.78, 5) is 0. The van der Waals surface area contributed by atoms with E-state index >= 15 is 0 Å². The fourth-order valence-electron chi connectivity index (χ4n) is 0. The van der Waals surface area contributed by atoms with Gasteiger partial charge in [0.2, 0.25) is 0 Å². The zero-order chi connectivity index (χ0) is 5.58. The molecule has 0 radical (unpaired) electrons. The summed E-state index contributed by atoms with van der Waals surface area (Å²) in [5.41, 5.74) is 0. The lowest BCUT2D eigenvalue weighted by Crippen LogP contribution is -2.02. The Morgan fingerprint density at radius 3 is 1.00 bits per heavy atom. The van der Waals surface area contributed by atoms with Crippen molar-refractivity contribution in [2.75, 3.05) is 0 Å². The average molecular weight is 99.9 g/mol. The minimum Gasteiger partial charge on any atom is -0.274 e. The highest BCUT2D eigenvalue weighted by molar-refractivity contribution is 6.33. The first-order valence-corrected chi connectivity index (χ1v) is 0.988. The molecule has 0 saturated carbocycles. The minimum absolute atomic E-state index is 3.67. The molecule has 0 fully saturated rings. The van der Waals surface area contributed by atoms with Crippen molar-refractivity contribution < 1.29 is 12.9 Å². The Hall–Kier alpha value is -0.225. The first-order chi connectivity index (χ1) is 2.73. The molecule has 0 atom stereocenters. The quantitative estimate of drug-likeness (QED) is 0.249. The van der Waals surface area contributed by atoms with E-state index in [9.17, 15) is 12.9 Å². The molecule has 0 unspecified atom stereocenters. The standard InChI is InChI=1S/BF3.H4N2/c2-1(3)4;1-2/h;1-2H2. The lowest BCUT2D eigenvalue weighted by atomic mass is 10.5. The molecule has 6 heteroatoms. The lowest BCUT2D eigenvalue weighted by Gasteiger charge is -1.55. The molecule has 6 heavy (non-hydrogen) atoms. The van der Waals surface area contributed by atoms with Crippen LogP contribution in [0.4, 0.5) is 12.9 Å². The lowest BCUT2D eigenvalue weighted by molar-refractivity contribution is 0.535. The summed E-state index contributed by atoms with van der Waals surface area (Å²) in [5.74, 6) is 8.00. The van der Waals surface area contributed by atoms with Crippen molar-refractivity contribution in [2.45, 2.75) is 0 Å². The molecular weight excluding hydrogens is 95.8 g/mol. The van der Waals surface area contributed by atoms with Gasteiger partial charge in [0.25, 0.3) is 0 Å². The first-order valence-electron chi connectivity index (χ1n) is 0.988. The van der Waals surface area contributed by atoms with Crippen LogP contribution in [0, 0.1) is 0 Å². The largest absolute Gasteiger partial charge is 0.762 e. The van der Waals surface area contributed by atoms with E-state index in [1.165, 1.54) is 0 Å². The van der Waals surface area contributed by atoms with Crippen LogP contribution in [0.1, 0.15) is 0 Å². The van der Waals surface area contributed by atoms with Crippen LogP contribution in [-0.4, -0.2) is 7.54 Å². The van der Waals surface area contributed by atoms with E-state index < -0.39 is 7.54 Å². The third-order valence-corrected chi connectivity index (χ3v) is 0. The van der Waals surface area contributed by atoms with Crippen LogP contribution < -0.4 is 11.7 Å². The zero-order valence-corrected chi connectivity index (χ0v) is 2.87. The number of nitrogens with two attached hydrogens (primary N) is 2. The van der Waals surface area contributed by atoms with Gasteiger partial charge in [0, 0.05) is 0 Å². The van der Waals surface area contributed by atoms with E-state index in [0.717, 1.165) is 0 Å². The highest BCUT2D eigenvalue weighted by Gasteiger charge is 2.06. The van der Waals surface area contributed by atoms with E-state index in [1.807, 2.05) is 0 Å². The van der Waals surface area contributed by atoms with Crippen molar-refractivity contribution in [1.82, 2.24) is 0 Å². The molecule has 0 aromatic heterocycles. The Bertz CT molecular complexity index is 13.5. The number of halogens is 3. The monoisotopic (exact) mass is 100 g/mol. The van der Waals surface area contributed by atoms with Gasteiger partial charge in [-0.3, -0.25) is 24.6 Å². The Morgan fingerprint density at radius 1 is 1.00 bits per heavy atom. The van der Waals surface area contributed by atoms with Gasteiger partial charge >= 0.3 is 7.54 Å². The molecule has 0 amide bonds. The van der Waals surface area contributed by atoms with Crippen molar-refractivity contribution in [1.29, 1.82) is 0 Å². The molecule has 0 aliphatic heterocycles. The van der Waals surface area contributed by atoms with Gasteiger partial charge in [0.05, 0.1) is 0 Å². The molecule has 0 rings (SSSR count). The van der Waals surface area contributed by atoms with Crippen LogP contribution in [0.15, 0.2) is 0 Å². The molecule has 0 aliphatic carbocycles. The number of hydrazine groups is 1. The molecule has 38 valence electrons. The van der Waals surface area contributed by atoms with Crippen molar-refractivity contribution in [3.8, 4) is 0 Å². The molecule has 0 aromatic carbocycles. The molecular formula is H4BF3N2. The van der Waals surface area contributed by atoms with Crippen molar-refractivity contribution >= 4 is 7.54 Å². The van der Waals surface area contributed by atoms with Gasteiger partial charge in [-0.05, 0) is 0 Å². The minimum atomic E-state index is -3.67. The summed E-state index contributed by atoms with van der Waals surface area (Å²) in [7, 11) is -3.67. The molecule has 0 spiro atoms. The van der Waals surface area contributed by atoms with E-state index in [1.54, 1.807) is 0 Å². The topological polar surface area (TPSA) is 52.0 Å². The smallest absolute Gasteiger partial charge is 0.274 e. The Kier molecular flexibility index (Phi) is 13.6. The SMILES string of the molecule is FB(F)F.NN. The molecule has 2 nitrogen and oxygen atoms in total. The second-order valence-electron chi connectivity index (χ2n) is 0.247. The van der Waals surface area contributed by atoms with Crippen LogP contribution in [0.25, 0.3) is 0 Å².